The Labute approximate surface area is 299 Å². The van der Waals surface area contributed by atoms with Crippen molar-refractivity contribution in [2.45, 2.75) is 108 Å². The molecule has 1 amide bonds. The van der Waals surface area contributed by atoms with Gasteiger partial charge >= 0.3 is 0 Å². The molecule has 268 valence electrons. The van der Waals surface area contributed by atoms with Crippen molar-refractivity contribution in [3.63, 3.8) is 0 Å². The zero-order chi connectivity index (χ0) is 33.0. The van der Waals surface area contributed by atoms with Gasteiger partial charge in [0.1, 0.15) is 24.0 Å². The molecule has 4 fully saturated rings. The summed E-state index contributed by atoms with van der Waals surface area (Å²) in [6.45, 7) is 6.74. The zero-order valence-electron chi connectivity index (χ0n) is 28.8. The van der Waals surface area contributed by atoms with Crippen molar-refractivity contribution in [3.05, 3.63) is 59.7 Å². The number of unbranched alkanes of at least 4 members (excludes halogenated alkanes) is 7. The largest absolute Gasteiger partial charge is 1.00 e. The number of rotatable bonds is 21. The number of nitrogens with one attached hydrogen (secondary N) is 2. The van der Waals surface area contributed by atoms with E-state index in [0.29, 0.717) is 42.6 Å². The van der Waals surface area contributed by atoms with E-state index >= 15 is 0 Å². The van der Waals surface area contributed by atoms with E-state index in [1.807, 2.05) is 18.2 Å². The van der Waals surface area contributed by atoms with Gasteiger partial charge in [-0.25, -0.2) is 0 Å². The average Bonchev–Trinajstić information content (AvgIpc) is 3.66. The van der Waals surface area contributed by atoms with Crippen molar-refractivity contribution < 1.29 is 46.3 Å². The number of ether oxygens (including phenoxy) is 1. The Morgan fingerprint density at radius 1 is 0.917 bits per heavy atom. The number of benzene rings is 2. The highest BCUT2D eigenvalue weighted by molar-refractivity contribution is 5.75. The molecule has 1 aliphatic carbocycles. The van der Waals surface area contributed by atoms with Crippen LogP contribution in [-0.4, -0.2) is 78.2 Å². The molecule has 48 heavy (non-hydrogen) atoms. The number of quaternary nitrogens is 1. The van der Waals surface area contributed by atoms with Crippen molar-refractivity contribution in [1.29, 1.82) is 0 Å². The van der Waals surface area contributed by atoms with Crippen LogP contribution in [0.5, 0.6) is 5.75 Å². The van der Waals surface area contributed by atoms with Gasteiger partial charge < -0.3 is 52.2 Å². The van der Waals surface area contributed by atoms with Crippen molar-refractivity contribution >= 4 is 12.1 Å². The van der Waals surface area contributed by atoms with Crippen molar-refractivity contribution in [2.75, 3.05) is 51.2 Å². The van der Waals surface area contributed by atoms with Gasteiger partial charge in [0.25, 0.3) is 0 Å². The third-order valence-electron chi connectivity index (χ3n) is 11.6. The van der Waals surface area contributed by atoms with Crippen LogP contribution in [0.1, 0.15) is 107 Å². The second kappa shape index (κ2) is 19.4. The maximum Gasteiger partial charge on any atom is 0.211 e. The molecule has 8 nitrogen and oxygen atoms in total. The maximum absolute atomic E-state index is 12.0. The minimum atomic E-state index is -0.871. The molecule has 0 radical (unpaired) electrons. The van der Waals surface area contributed by atoms with Crippen LogP contribution in [0.15, 0.2) is 48.5 Å². The Bertz CT molecular complexity index is 1220. The number of hydrogen-bond donors (Lipinski definition) is 5. The van der Waals surface area contributed by atoms with Gasteiger partial charge in [-0.05, 0) is 67.8 Å². The van der Waals surface area contributed by atoms with Crippen LogP contribution >= 0.6 is 0 Å². The predicted molar refractivity (Wildman–Crippen MR) is 187 cm³/mol. The minimum Gasteiger partial charge on any atom is -1.00 e. The van der Waals surface area contributed by atoms with Crippen molar-refractivity contribution in [2.24, 2.45) is 11.8 Å². The summed E-state index contributed by atoms with van der Waals surface area (Å²) in [6.07, 6.45) is 17.3. The standard InChI is InChI=1S/C39H59N3O5.BrH/c43-30-41-35-26-32(18-19-36(35)44)37(45)27-40-22-12-5-3-1-2-4-6-13-23-42-24-20-31(21-25-42)38(28-42)47-29-39(46,34-16-10-11-17-34)33-14-8-7-9-15-33;/h7-9,14-15,18-19,26,30-31,34,37-38,40,45-46H,1-6,10-13,16-17,20-25,27-29H2,(H-,41,43,44);1H/t31?,37-,38-,39+,42?;/m0./s1. The number of nitrogens with zero attached hydrogens (tertiary/aromatic N) is 1. The van der Waals surface area contributed by atoms with Crippen LogP contribution in [0, 0.1) is 11.8 Å². The van der Waals surface area contributed by atoms with Gasteiger partial charge in [-0.1, -0.05) is 81.3 Å². The quantitative estimate of drug-likeness (QED) is 0.0584. The number of hydrogen-bond acceptors (Lipinski definition) is 6. The molecule has 5 N–H and O–H groups in total. The van der Waals surface area contributed by atoms with E-state index in [4.69, 9.17) is 4.74 Å². The van der Waals surface area contributed by atoms with Gasteiger partial charge in [0.15, 0.2) is 0 Å². The number of aromatic hydroxyl groups is 1. The lowest BCUT2D eigenvalue weighted by atomic mass is 9.80. The molecule has 6 rings (SSSR count). The Kier molecular flexibility index (Phi) is 15.7. The molecule has 2 bridgehead atoms. The number of piperidine rings is 3. The topological polar surface area (TPSA) is 111 Å². The Morgan fingerprint density at radius 3 is 2.27 bits per heavy atom. The van der Waals surface area contributed by atoms with E-state index in [2.05, 4.69) is 22.8 Å². The second-order valence-corrected chi connectivity index (χ2v) is 14.7. The van der Waals surface area contributed by atoms with Gasteiger partial charge in [0, 0.05) is 25.3 Å². The maximum atomic E-state index is 12.0. The van der Waals surface area contributed by atoms with Gasteiger partial charge in [0.05, 0.1) is 38.0 Å². The number of phenolic OH excluding ortho intramolecular Hbond substituents is 1. The number of halogens is 1. The summed E-state index contributed by atoms with van der Waals surface area (Å²) in [5, 5.41) is 38.0. The number of anilines is 1. The summed E-state index contributed by atoms with van der Waals surface area (Å²) in [4.78, 5) is 10.7. The van der Waals surface area contributed by atoms with E-state index in [1.165, 1.54) is 101 Å². The lowest BCUT2D eigenvalue weighted by molar-refractivity contribution is -0.946. The summed E-state index contributed by atoms with van der Waals surface area (Å²) in [5.41, 5.74) is 1.12. The summed E-state index contributed by atoms with van der Waals surface area (Å²) >= 11 is 0. The Balaban J connectivity index is 0.00000520. The fourth-order valence-corrected chi connectivity index (χ4v) is 8.58. The number of phenols is 1. The zero-order valence-corrected chi connectivity index (χ0v) is 30.4. The van der Waals surface area contributed by atoms with Crippen LogP contribution < -0.4 is 27.6 Å². The third kappa shape index (κ3) is 10.5. The first-order chi connectivity index (χ1) is 22.9. The van der Waals surface area contributed by atoms with Gasteiger partial charge in [-0.15, -0.1) is 0 Å². The van der Waals surface area contributed by atoms with E-state index < -0.39 is 11.7 Å². The molecule has 3 saturated heterocycles. The van der Waals surface area contributed by atoms with Crippen molar-refractivity contribution in [1.82, 2.24) is 5.32 Å². The smallest absolute Gasteiger partial charge is 0.211 e. The van der Waals surface area contributed by atoms with Crippen molar-refractivity contribution in [3.8, 4) is 5.75 Å². The molecule has 3 atom stereocenters. The van der Waals surface area contributed by atoms with E-state index in [-0.39, 0.29) is 28.8 Å². The number of carbonyl (C=O) groups is 1. The van der Waals surface area contributed by atoms with Gasteiger partial charge in [-0.2, -0.15) is 0 Å². The van der Waals surface area contributed by atoms with Crippen LogP contribution in [0.4, 0.5) is 5.69 Å². The normalized spacial score (nSPS) is 24.1. The van der Waals surface area contributed by atoms with E-state index in [9.17, 15) is 20.1 Å². The molecule has 4 aliphatic rings. The molecule has 0 unspecified atom stereocenters. The SMILES string of the molecule is O=CNc1cc([C@@H](O)CNCCCCCCCCCC[N+]23CCC(CC2)[C@@H](OC[C@@](O)(c2ccccc2)C2CCCC2)C3)ccc1O.[Br-]. The monoisotopic (exact) mass is 729 g/mol. The van der Waals surface area contributed by atoms with Crippen LogP contribution in [0.2, 0.25) is 0 Å². The number of aliphatic hydroxyl groups is 2. The predicted octanol–water partition coefficient (Wildman–Crippen LogP) is 3.41. The minimum absolute atomic E-state index is 0. The fraction of sp³-hybridized carbons (Fsp3) is 0.667. The number of aliphatic hydroxyl groups excluding tert-OH is 1. The molecule has 3 aliphatic heterocycles. The molecule has 2 aromatic carbocycles. The number of amides is 1. The third-order valence-corrected chi connectivity index (χ3v) is 11.6. The van der Waals surface area contributed by atoms with Crippen LogP contribution in [-0.2, 0) is 15.1 Å². The van der Waals surface area contributed by atoms with E-state index in [1.54, 1.807) is 12.1 Å². The molecule has 1 saturated carbocycles. The van der Waals surface area contributed by atoms with Crippen LogP contribution in [0.25, 0.3) is 0 Å². The highest BCUT2D eigenvalue weighted by Crippen LogP contribution is 2.43. The lowest BCUT2D eigenvalue weighted by Gasteiger charge is -2.53. The summed E-state index contributed by atoms with van der Waals surface area (Å²) in [7, 11) is 0. The first-order valence-corrected chi connectivity index (χ1v) is 18.6. The summed E-state index contributed by atoms with van der Waals surface area (Å²) in [6, 6.07) is 15.1. The first-order valence-electron chi connectivity index (χ1n) is 18.6. The first kappa shape index (κ1) is 38.8. The summed E-state index contributed by atoms with van der Waals surface area (Å²) in [5.74, 6) is 0.933. The number of fused-ring (bicyclic) bond motifs is 3. The molecule has 2 aromatic rings. The molecule has 9 heteroatoms. The Morgan fingerprint density at radius 2 is 1.58 bits per heavy atom. The molecule has 3 heterocycles. The average molecular weight is 731 g/mol. The van der Waals surface area contributed by atoms with Gasteiger partial charge in [0.2, 0.25) is 6.41 Å². The highest BCUT2D eigenvalue weighted by Gasteiger charge is 2.48. The molecule has 0 aromatic heterocycles. The molecular weight excluding hydrogens is 670 g/mol. The van der Waals surface area contributed by atoms with E-state index in [0.717, 1.165) is 37.9 Å². The molecular formula is C39H60BrN3O5. The molecule has 0 spiro atoms. The number of carbonyl (C=O) groups excluding carboxylic acids is 1. The van der Waals surface area contributed by atoms with Crippen LogP contribution in [0.3, 0.4) is 0 Å². The summed E-state index contributed by atoms with van der Waals surface area (Å²) < 4.78 is 7.95. The van der Waals surface area contributed by atoms with Gasteiger partial charge in [-0.3, -0.25) is 4.79 Å². The Hall–Kier alpha value is -2.01. The highest BCUT2D eigenvalue weighted by atomic mass is 79.9. The lowest BCUT2D eigenvalue weighted by Crippen LogP contribution is -3.00. The second-order valence-electron chi connectivity index (χ2n) is 14.7. The fourth-order valence-electron chi connectivity index (χ4n) is 8.58.